The summed E-state index contributed by atoms with van der Waals surface area (Å²) >= 11 is 5.93. The summed E-state index contributed by atoms with van der Waals surface area (Å²) in [5.41, 5.74) is 1.79. The molecule has 1 atom stereocenters. The van der Waals surface area contributed by atoms with Gasteiger partial charge in [0.2, 0.25) is 5.95 Å². The van der Waals surface area contributed by atoms with E-state index in [2.05, 4.69) is 25.8 Å². The van der Waals surface area contributed by atoms with Crippen molar-refractivity contribution in [2.24, 2.45) is 0 Å². The molecule has 0 radical (unpaired) electrons. The number of nitrogens with zero attached hydrogens (tertiary/aromatic N) is 3. The lowest BCUT2D eigenvalue weighted by Gasteiger charge is -2.12. The van der Waals surface area contributed by atoms with E-state index < -0.39 is 9.84 Å². The predicted octanol–water partition coefficient (Wildman–Crippen LogP) is 2.18. The number of sulfone groups is 1. The van der Waals surface area contributed by atoms with Crippen molar-refractivity contribution >= 4 is 38.9 Å². The molecule has 1 aliphatic heterocycles. The van der Waals surface area contributed by atoms with E-state index >= 15 is 0 Å². The van der Waals surface area contributed by atoms with Crippen LogP contribution in [0.3, 0.4) is 0 Å². The zero-order valence-corrected chi connectivity index (χ0v) is 14.0. The number of rotatable bonds is 4. The van der Waals surface area contributed by atoms with Crippen molar-refractivity contribution in [1.29, 1.82) is 0 Å². The molecule has 7 nitrogen and oxygen atoms in total. The molecule has 1 aliphatic rings. The van der Waals surface area contributed by atoms with Crippen LogP contribution < -0.4 is 10.6 Å². The fourth-order valence-corrected chi connectivity index (χ4v) is 4.33. The fraction of sp³-hybridized carbons (Fsp3) is 0.357. The van der Waals surface area contributed by atoms with Crippen LogP contribution >= 0.6 is 11.6 Å². The van der Waals surface area contributed by atoms with Gasteiger partial charge in [-0.1, -0.05) is 11.6 Å². The molecule has 2 aromatic rings. The maximum Gasteiger partial charge on any atom is 0.249 e. The number of nitrogens with one attached hydrogen (secondary N) is 2. The minimum Gasteiger partial charge on any atom is -0.365 e. The summed E-state index contributed by atoms with van der Waals surface area (Å²) in [4.78, 5) is 4.32. The highest BCUT2D eigenvalue weighted by Crippen LogP contribution is 2.22. The zero-order chi connectivity index (χ0) is 16.4. The Bertz CT molecular complexity index is 828. The van der Waals surface area contributed by atoms with Crippen molar-refractivity contribution in [1.82, 2.24) is 15.2 Å². The Hall–Kier alpha value is -1.93. The number of halogens is 1. The topological polar surface area (TPSA) is 96.9 Å². The molecular formula is C14H16ClN5O2S. The van der Waals surface area contributed by atoms with Crippen molar-refractivity contribution in [3.8, 4) is 0 Å². The SMILES string of the molecule is Cc1cc(Cl)ccc1Nc1nncc(NC2CCS(=O)(=O)C2)n1. The van der Waals surface area contributed by atoms with Gasteiger partial charge in [0.05, 0.1) is 17.7 Å². The van der Waals surface area contributed by atoms with Crippen LogP contribution in [0.5, 0.6) is 0 Å². The van der Waals surface area contributed by atoms with Crippen LogP contribution in [0.2, 0.25) is 5.02 Å². The van der Waals surface area contributed by atoms with E-state index in [0.29, 0.717) is 23.2 Å². The summed E-state index contributed by atoms with van der Waals surface area (Å²) < 4.78 is 23.0. The number of anilines is 3. The predicted molar refractivity (Wildman–Crippen MR) is 90.0 cm³/mol. The van der Waals surface area contributed by atoms with Crippen LogP contribution in [0.1, 0.15) is 12.0 Å². The molecule has 1 aromatic carbocycles. The first kappa shape index (κ1) is 15.9. The van der Waals surface area contributed by atoms with Gasteiger partial charge in [-0.15, -0.1) is 5.10 Å². The number of aryl methyl sites for hydroxylation is 1. The third-order valence-electron chi connectivity index (χ3n) is 3.58. The van der Waals surface area contributed by atoms with Crippen LogP contribution in [0, 0.1) is 6.92 Å². The average Bonchev–Trinajstić information content (AvgIpc) is 2.81. The second kappa shape index (κ2) is 6.29. The van der Waals surface area contributed by atoms with Crippen LogP contribution in [0.4, 0.5) is 17.5 Å². The van der Waals surface area contributed by atoms with E-state index in [9.17, 15) is 8.42 Å². The molecule has 9 heteroatoms. The minimum absolute atomic E-state index is 0.121. The summed E-state index contributed by atoms with van der Waals surface area (Å²) in [5, 5.41) is 14.7. The normalized spacial score (nSPS) is 19.5. The standard InChI is InChI=1S/C14H16ClN5O2S/c1-9-6-10(15)2-3-12(9)18-14-19-13(7-16-20-14)17-11-4-5-23(21,22)8-11/h2-3,6-7,11H,4-5,8H2,1H3,(H2,17,18,19,20). The fourth-order valence-electron chi connectivity index (χ4n) is 2.43. The van der Waals surface area contributed by atoms with Gasteiger partial charge in [0.25, 0.3) is 0 Å². The highest BCUT2D eigenvalue weighted by atomic mass is 35.5. The van der Waals surface area contributed by atoms with Crippen molar-refractivity contribution in [3.05, 3.63) is 35.0 Å². The number of hydrogen-bond acceptors (Lipinski definition) is 7. The van der Waals surface area contributed by atoms with Gasteiger partial charge in [0, 0.05) is 16.8 Å². The summed E-state index contributed by atoms with van der Waals surface area (Å²) in [6.45, 7) is 1.92. The molecule has 23 heavy (non-hydrogen) atoms. The van der Waals surface area contributed by atoms with Crippen LogP contribution in [0.25, 0.3) is 0 Å². The van der Waals surface area contributed by atoms with Gasteiger partial charge in [-0.2, -0.15) is 10.1 Å². The first-order valence-electron chi connectivity index (χ1n) is 7.11. The molecule has 1 saturated heterocycles. The summed E-state index contributed by atoms with van der Waals surface area (Å²) in [6.07, 6.45) is 2.05. The van der Waals surface area contributed by atoms with Crippen molar-refractivity contribution < 1.29 is 8.42 Å². The second-order valence-electron chi connectivity index (χ2n) is 5.49. The Morgan fingerprint density at radius 1 is 1.35 bits per heavy atom. The van der Waals surface area contributed by atoms with Gasteiger partial charge in [0.1, 0.15) is 0 Å². The van der Waals surface area contributed by atoms with E-state index in [1.165, 1.54) is 6.20 Å². The molecule has 1 aromatic heterocycles. The Labute approximate surface area is 139 Å². The van der Waals surface area contributed by atoms with Crippen LogP contribution in [-0.4, -0.2) is 41.1 Å². The van der Waals surface area contributed by atoms with Crippen molar-refractivity contribution in [2.45, 2.75) is 19.4 Å². The van der Waals surface area contributed by atoms with E-state index in [-0.39, 0.29) is 17.5 Å². The lowest BCUT2D eigenvalue weighted by atomic mass is 10.2. The van der Waals surface area contributed by atoms with E-state index in [1.54, 1.807) is 6.07 Å². The van der Waals surface area contributed by atoms with E-state index in [0.717, 1.165) is 11.3 Å². The summed E-state index contributed by atoms with van der Waals surface area (Å²) in [7, 11) is -2.94. The van der Waals surface area contributed by atoms with Gasteiger partial charge >= 0.3 is 0 Å². The molecule has 2 N–H and O–H groups in total. The Morgan fingerprint density at radius 3 is 2.87 bits per heavy atom. The maximum atomic E-state index is 11.5. The molecule has 0 aliphatic carbocycles. The van der Waals surface area contributed by atoms with Crippen molar-refractivity contribution in [3.63, 3.8) is 0 Å². The lowest BCUT2D eigenvalue weighted by molar-refractivity contribution is 0.602. The first-order chi connectivity index (χ1) is 10.9. The molecule has 122 valence electrons. The molecule has 0 bridgehead atoms. The van der Waals surface area contributed by atoms with Crippen molar-refractivity contribution in [2.75, 3.05) is 22.1 Å². The molecule has 2 heterocycles. The highest BCUT2D eigenvalue weighted by Gasteiger charge is 2.28. The Kier molecular flexibility index (Phi) is 4.36. The smallest absolute Gasteiger partial charge is 0.249 e. The number of aromatic nitrogens is 3. The molecule has 3 rings (SSSR count). The molecule has 1 unspecified atom stereocenters. The number of hydrogen-bond donors (Lipinski definition) is 2. The quantitative estimate of drug-likeness (QED) is 0.869. The Morgan fingerprint density at radius 2 is 2.17 bits per heavy atom. The van der Waals surface area contributed by atoms with Crippen LogP contribution in [-0.2, 0) is 9.84 Å². The molecule has 0 amide bonds. The largest absolute Gasteiger partial charge is 0.365 e. The average molecular weight is 354 g/mol. The molecule has 0 spiro atoms. The van der Waals surface area contributed by atoms with Gasteiger partial charge in [-0.05, 0) is 37.1 Å². The molecule has 1 fully saturated rings. The first-order valence-corrected chi connectivity index (χ1v) is 9.31. The van der Waals surface area contributed by atoms with Gasteiger partial charge in [0.15, 0.2) is 15.7 Å². The highest BCUT2D eigenvalue weighted by molar-refractivity contribution is 7.91. The summed E-state index contributed by atoms with van der Waals surface area (Å²) in [5.74, 6) is 1.16. The van der Waals surface area contributed by atoms with E-state index in [1.807, 2.05) is 19.1 Å². The van der Waals surface area contributed by atoms with Gasteiger partial charge in [-0.25, -0.2) is 8.42 Å². The second-order valence-corrected chi connectivity index (χ2v) is 8.16. The van der Waals surface area contributed by atoms with Gasteiger partial charge in [-0.3, -0.25) is 0 Å². The molecular weight excluding hydrogens is 338 g/mol. The van der Waals surface area contributed by atoms with Gasteiger partial charge < -0.3 is 10.6 Å². The maximum absolute atomic E-state index is 11.5. The third-order valence-corrected chi connectivity index (χ3v) is 5.58. The lowest BCUT2D eigenvalue weighted by Crippen LogP contribution is -2.21. The van der Waals surface area contributed by atoms with E-state index in [4.69, 9.17) is 11.6 Å². The summed E-state index contributed by atoms with van der Waals surface area (Å²) in [6, 6.07) is 5.31. The monoisotopic (exact) mass is 353 g/mol. The number of benzene rings is 1. The molecule has 0 saturated carbocycles. The van der Waals surface area contributed by atoms with Crippen LogP contribution in [0.15, 0.2) is 24.4 Å². The minimum atomic E-state index is -2.94. The third kappa shape index (κ3) is 4.08. The zero-order valence-electron chi connectivity index (χ0n) is 12.5. The Balaban J connectivity index is 1.72.